The molecule has 0 fully saturated rings. The van der Waals surface area contributed by atoms with Crippen LogP contribution in [-0.2, 0) is 6.42 Å². The molecule has 2 rings (SSSR count). The topological polar surface area (TPSA) is 83.1 Å². The molecule has 1 heterocycles. The van der Waals surface area contributed by atoms with Gasteiger partial charge in [-0.15, -0.1) is 20.4 Å². The maximum Gasteiger partial charge on any atom is 0.203 e. The van der Waals surface area contributed by atoms with Crippen LogP contribution in [0.25, 0.3) is 11.4 Å². The van der Waals surface area contributed by atoms with Crippen molar-refractivity contribution in [3.8, 4) is 11.4 Å². The van der Waals surface area contributed by atoms with Crippen LogP contribution in [-0.4, -0.2) is 25.9 Å². The number of hydrogen-bond acceptors (Lipinski definition) is 4. The minimum absolute atomic E-state index is 0. The Labute approximate surface area is 121 Å². The molecule has 0 atom stereocenters. The Bertz CT molecular complexity index is 440. The lowest BCUT2D eigenvalue weighted by Crippen LogP contribution is -1.98. The average molecular weight is 278 g/mol. The fourth-order valence-electron chi connectivity index (χ4n) is 1.28. The fourth-order valence-corrected chi connectivity index (χ4v) is 1.28. The molecule has 0 amide bonds. The van der Waals surface area contributed by atoms with Gasteiger partial charge in [0.15, 0.2) is 5.82 Å². The predicted octanol–water partition coefficient (Wildman–Crippen LogP) is 3.03. The van der Waals surface area contributed by atoms with E-state index in [1.807, 2.05) is 39.8 Å². The molecule has 112 valence electrons. The Morgan fingerprint density at radius 2 is 1.25 bits per heavy atom. The average Bonchev–Trinajstić information content (AvgIpc) is 2.52. The molecule has 2 aromatic rings. The SMILES string of the molecule is CC.CC.CCc1ccc(-c2nnc(C)nn2)cc1.O. The number of aromatic nitrogens is 4. The van der Waals surface area contributed by atoms with Gasteiger partial charge in [-0.05, 0) is 18.9 Å². The summed E-state index contributed by atoms with van der Waals surface area (Å²) in [6.45, 7) is 11.9. The van der Waals surface area contributed by atoms with Gasteiger partial charge in [-0.2, -0.15) is 0 Å². The maximum atomic E-state index is 3.98. The summed E-state index contributed by atoms with van der Waals surface area (Å²) < 4.78 is 0. The highest BCUT2D eigenvalue weighted by Crippen LogP contribution is 2.13. The normalized spacial score (nSPS) is 8.30. The van der Waals surface area contributed by atoms with E-state index in [2.05, 4.69) is 39.5 Å². The van der Waals surface area contributed by atoms with Gasteiger partial charge in [0.25, 0.3) is 0 Å². The van der Waals surface area contributed by atoms with Crippen molar-refractivity contribution in [2.24, 2.45) is 0 Å². The van der Waals surface area contributed by atoms with Crippen LogP contribution in [0.4, 0.5) is 0 Å². The van der Waals surface area contributed by atoms with Crippen LogP contribution in [0.2, 0.25) is 0 Å². The van der Waals surface area contributed by atoms with Gasteiger partial charge < -0.3 is 5.48 Å². The molecule has 1 aromatic carbocycles. The second-order valence-corrected chi connectivity index (χ2v) is 3.32. The Morgan fingerprint density at radius 1 is 0.800 bits per heavy atom. The highest BCUT2D eigenvalue weighted by molar-refractivity contribution is 5.54. The first-order chi connectivity index (χ1) is 9.29. The monoisotopic (exact) mass is 278 g/mol. The first-order valence-electron chi connectivity index (χ1n) is 6.93. The van der Waals surface area contributed by atoms with Crippen molar-refractivity contribution < 1.29 is 5.48 Å². The third-order valence-corrected chi connectivity index (χ3v) is 2.20. The molecule has 0 saturated carbocycles. The fraction of sp³-hybridized carbons (Fsp3) is 0.467. The second-order valence-electron chi connectivity index (χ2n) is 3.32. The van der Waals surface area contributed by atoms with E-state index in [0.29, 0.717) is 11.6 Å². The van der Waals surface area contributed by atoms with E-state index in [1.54, 1.807) is 6.92 Å². The summed E-state index contributed by atoms with van der Waals surface area (Å²) in [5, 5.41) is 15.7. The largest absolute Gasteiger partial charge is 0.412 e. The van der Waals surface area contributed by atoms with E-state index in [4.69, 9.17) is 0 Å². The predicted molar refractivity (Wildman–Crippen MR) is 83.5 cm³/mol. The summed E-state index contributed by atoms with van der Waals surface area (Å²) in [7, 11) is 0. The highest BCUT2D eigenvalue weighted by Gasteiger charge is 2.01. The minimum Gasteiger partial charge on any atom is -0.412 e. The third kappa shape index (κ3) is 6.33. The van der Waals surface area contributed by atoms with Crippen molar-refractivity contribution in [3.05, 3.63) is 35.7 Å². The summed E-state index contributed by atoms with van der Waals surface area (Å²) in [6, 6.07) is 8.12. The van der Waals surface area contributed by atoms with Crippen molar-refractivity contribution >= 4 is 0 Å². The number of benzene rings is 1. The smallest absolute Gasteiger partial charge is 0.203 e. The van der Waals surface area contributed by atoms with Gasteiger partial charge in [0.1, 0.15) is 0 Å². The number of aryl methyl sites for hydroxylation is 2. The molecule has 0 saturated heterocycles. The summed E-state index contributed by atoms with van der Waals surface area (Å²) >= 11 is 0. The Hall–Kier alpha value is -1.88. The van der Waals surface area contributed by atoms with Crippen molar-refractivity contribution in [2.75, 3.05) is 0 Å². The Balaban J connectivity index is 0. The van der Waals surface area contributed by atoms with Gasteiger partial charge in [-0.25, -0.2) is 0 Å². The lowest BCUT2D eigenvalue weighted by Gasteiger charge is -1.99. The van der Waals surface area contributed by atoms with Crippen LogP contribution in [0.5, 0.6) is 0 Å². The molecule has 0 radical (unpaired) electrons. The van der Waals surface area contributed by atoms with E-state index < -0.39 is 0 Å². The standard InChI is InChI=1S/C11H12N4.2C2H6.H2O/c1-3-9-4-6-10(7-5-9)11-14-12-8(2)13-15-11;2*1-2;/h4-7H,3H2,1-2H3;2*1-2H3;1H2. The summed E-state index contributed by atoms with van der Waals surface area (Å²) in [5.41, 5.74) is 2.25. The molecule has 0 bridgehead atoms. The van der Waals surface area contributed by atoms with Crippen molar-refractivity contribution in [1.29, 1.82) is 0 Å². The quantitative estimate of drug-likeness (QED) is 0.845. The molecule has 1 aromatic heterocycles. The zero-order valence-electron chi connectivity index (χ0n) is 13.3. The Morgan fingerprint density at radius 3 is 1.65 bits per heavy atom. The molecule has 0 aliphatic rings. The van der Waals surface area contributed by atoms with Crippen LogP contribution in [0.3, 0.4) is 0 Å². The van der Waals surface area contributed by atoms with Crippen LogP contribution in [0.1, 0.15) is 46.0 Å². The number of nitrogens with zero attached hydrogens (tertiary/aromatic N) is 4. The van der Waals surface area contributed by atoms with Gasteiger partial charge in [-0.3, -0.25) is 0 Å². The summed E-state index contributed by atoms with van der Waals surface area (Å²) in [5.74, 6) is 1.16. The van der Waals surface area contributed by atoms with Gasteiger partial charge in [0, 0.05) is 5.56 Å². The molecule has 5 nitrogen and oxygen atoms in total. The molecular formula is C15H26N4O. The number of hydrogen-bond donors (Lipinski definition) is 0. The molecule has 20 heavy (non-hydrogen) atoms. The zero-order valence-corrected chi connectivity index (χ0v) is 13.3. The van der Waals surface area contributed by atoms with Crippen LogP contribution in [0.15, 0.2) is 24.3 Å². The Kier molecular flexibility index (Phi) is 12.4. The molecular weight excluding hydrogens is 252 g/mol. The van der Waals surface area contributed by atoms with Crippen LogP contribution in [0, 0.1) is 6.92 Å². The first kappa shape index (κ1) is 20.4. The highest BCUT2D eigenvalue weighted by atomic mass is 16.0. The number of rotatable bonds is 2. The molecule has 0 spiro atoms. The maximum absolute atomic E-state index is 3.98. The van der Waals surface area contributed by atoms with Crippen LogP contribution >= 0.6 is 0 Å². The van der Waals surface area contributed by atoms with E-state index in [9.17, 15) is 0 Å². The minimum atomic E-state index is 0. The zero-order chi connectivity index (χ0) is 14.7. The first-order valence-corrected chi connectivity index (χ1v) is 6.93. The van der Waals surface area contributed by atoms with Gasteiger partial charge in [0.2, 0.25) is 5.82 Å². The molecule has 2 N–H and O–H groups in total. The second kappa shape index (κ2) is 12.2. The lowest BCUT2D eigenvalue weighted by molar-refractivity contribution is 0.816. The van der Waals surface area contributed by atoms with Gasteiger partial charge in [-0.1, -0.05) is 58.9 Å². The van der Waals surface area contributed by atoms with Crippen molar-refractivity contribution in [1.82, 2.24) is 20.4 Å². The molecule has 5 heteroatoms. The molecule has 0 aliphatic carbocycles. The summed E-state index contributed by atoms with van der Waals surface area (Å²) in [6.07, 6.45) is 1.03. The summed E-state index contributed by atoms with van der Waals surface area (Å²) in [4.78, 5) is 0. The van der Waals surface area contributed by atoms with E-state index in [0.717, 1.165) is 12.0 Å². The van der Waals surface area contributed by atoms with Crippen molar-refractivity contribution in [3.63, 3.8) is 0 Å². The van der Waals surface area contributed by atoms with Gasteiger partial charge in [0.05, 0.1) is 0 Å². The molecule has 0 aliphatic heterocycles. The molecule has 0 unspecified atom stereocenters. The van der Waals surface area contributed by atoms with E-state index >= 15 is 0 Å². The lowest BCUT2D eigenvalue weighted by atomic mass is 10.1. The van der Waals surface area contributed by atoms with Crippen LogP contribution < -0.4 is 0 Å². The van der Waals surface area contributed by atoms with E-state index in [-0.39, 0.29) is 5.48 Å². The third-order valence-electron chi connectivity index (χ3n) is 2.20. The van der Waals surface area contributed by atoms with Gasteiger partial charge >= 0.3 is 0 Å². The van der Waals surface area contributed by atoms with Crippen molar-refractivity contribution in [2.45, 2.75) is 48.0 Å². The van der Waals surface area contributed by atoms with E-state index in [1.165, 1.54) is 5.56 Å².